The topological polar surface area (TPSA) is 58.8 Å². The van der Waals surface area contributed by atoms with Crippen molar-refractivity contribution < 1.29 is 4.74 Å². The summed E-state index contributed by atoms with van der Waals surface area (Å²) in [4.78, 5) is 8.14. The van der Waals surface area contributed by atoms with Gasteiger partial charge in [0.25, 0.3) is 0 Å². The molecule has 0 amide bonds. The zero-order valence-corrected chi connectivity index (χ0v) is 9.44. The van der Waals surface area contributed by atoms with Crippen LogP contribution in [-0.4, -0.2) is 16.6 Å². The molecular weight excluding hydrogens is 202 g/mol. The van der Waals surface area contributed by atoms with Gasteiger partial charge >= 0.3 is 6.01 Å². The summed E-state index contributed by atoms with van der Waals surface area (Å²) in [6.07, 6.45) is 5.06. The molecule has 0 aromatic carbocycles. The second-order valence-electron chi connectivity index (χ2n) is 4.22. The van der Waals surface area contributed by atoms with Crippen LogP contribution in [0.5, 0.6) is 6.01 Å². The summed E-state index contributed by atoms with van der Waals surface area (Å²) >= 11 is 0. The Balaban J connectivity index is 1.88. The smallest absolute Gasteiger partial charge is 0.317 e. The normalized spacial score (nSPS) is 15.2. The van der Waals surface area contributed by atoms with E-state index in [9.17, 15) is 0 Å². The van der Waals surface area contributed by atoms with Gasteiger partial charge < -0.3 is 4.74 Å². The maximum Gasteiger partial charge on any atom is 0.317 e. The van der Waals surface area contributed by atoms with Gasteiger partial charge in [0.15, 0.2) is 0 Å². The predicted octanol–water partition coefficient (Wildman–Crippen LogP) is 2.23. The summed E-state index contributed by atoms with van der Waals surface area (Å²) in [7, 11) is 0. The lowest BCUT2D eigenvalue weighted by Gasteiger charge is -2.24. The third-order valence-electron chi connectivity index (χ3n) is 2.93. The zero-order valence-electron chi connectivity index (χ0n) is 9.44. The quantitative estimate of drug-likeness (QED) is 0.776. The van der Waals surface area contributed by atoms with Gasteiger partial charge in [0.2, 0.25) is 0 Å². The van der Waals surface area contributed by atoms with E-state index in [2.05, 4.69) is 9.97 Å². The van der Waals surface area contributed by atoms with E-state index in [0.717, 1.165) is 18.0 Å². The summed E-state index contributed by atoms with van der Waals surface area (Å²) in [6, 6.07) is 3.98. The Labute approximate surface area is 95.3 Å². The molecule has 0 saturated heterocycles. The molecule has 84 valence electrons. The van der Waals surface area contributed by atoms with Gasteiger partial charge in [-0.25, -0.2) is 4.98 Å². The second kappa shape index (κ2) is 4.93. The highest BCUT2D eigenvalue weighted by atomic mass is 16.5. The van der Waals surface area contributed by atoms with E-state index in [-0.39, 0.29) is 0 Å². The van der Waals surface area contributed by atoms with Crippen molar-refractivity contribution in [1.82, 2.24) is 9.97 Å². The van der Waals surface area contributed by atoms with Crippen molar-refractivity contribution in [2.24, 2.45) is 5.92 Å². The highest BCUT2D eigenvalue weighted by Gasteiger charge is 2.17. The Morgan fingerprint density at radius 1 is 1.50 bits per heavy atom. The van der Waals surface area contributed by atoms with Crippen molar-refractivity contribution in [2.75, 3.05) is 6.61 Å². The molecule has 0 spiro atoms. The van der Waals surface area contributed by atoms with Gasteiger partial charge in [-0.1, -0.05) is 19.3 Å². The molecule has 0 atom stereocenters. The monoisotopic (exact) mass is 217 g/mol. The Morgan fingerprint density at radius 2 is 2.31 bits per heavy atom. The van der Waals surface area contributed by atoms with Crippen LogP contribution in [-0.2, 0) is 0 Å². The SMILES string of the molecule is Cc1cc(C#N)nc(OCCC2CCC2)n1. The Hall–Kier alpha value is -1.63. The number of hydrogen-bond acceptors (Lipinski definition) is 4. The number of ether oxygens (including phenoxy) is 1. The van der Waals surface area contributed by atoms with E-state index in [1.165, 1.54) is 19.3 Å². The van der Waals surface area contributed by atoms with Crippen LogP contribution in [0.3, 0.4) is 0 Å². The van der Waals surface area contributed by atoms with Crippen LogP contribution in [0.15, 0.2) is 6.07 Å². The van der Waals surface area contributed by atoms with Gasteiger partial charge in [-0.2, -0.15) is 10.2 Å². The number of aryl methyl sites for hydroxylation is 1. The van der Waals surface area contributed by atoms with E-state index >= 15 is 0 Å². The molecule has 0 radical (unpaired) electrons. The average molecular weight is 217 g/mol. The van der Waals surface area contributed by atoms with Crippen LogP contribution < -0.4 is 4.74 Å². The molecule has 0 N–H and O–H groups in total. The molecule has 0 aliphatic heterocycles. The van der Waals surface area contributed by atoms with E-state index < -0.39 is 0 Å². The molecule has 1 aromatic rings. The van der Waals surface area contributed by atoms with Crippen LogP contribution in [0.1, 0.15) is 37.1 Å². The Kier molecular flexibility index (Phi) is 3.35. The van der Waals surface area contributed by atoms with Crippen molar-refractivity contribution in [1.29, 1.82) is 5.26 Å². The third-order valence-corrected chi connectivity index (χ3v) is 2.93. The van der Waals surface area contributed by atoms with E-state index in [0.29, 0.717) is 18.3 Å². The molecule has 0 bridgehead atoms. The third kappa shape index (κ3) is 2.69. The molecule has 4 nitrogen and oxygen atoms in total. The lowest BCUT2D eigenvalue weighted by molar-refractivity contribution is 0.211. The molecule has 1 aromatic heterocycles. The first-order valence-corrected chi connectivity index (χ1v) is 5.66. The average Bonchev–Trinajstić information content (AvgIpc) is 2.21. The molecule has 1 aliphatic carbocycles. The maximum atomic E-state index is 8.75. The molecule has 0 unspecified atom stereocenters. The molecule has 1 heterocycles. The fraction of sp³-hybridized carbons (Fsp3) is 0.583. The first-order chi connectivity index (χ1) is 7.78. The van der Waals surface area contributed by atoms with Crippen LogP contribution in [0.25, 0.3) is 0 Å². The van der Waals surface area contributed by atoms with Gasteiger partial charge in [0.1, 0.15) is 11.8 Å². The predicted molar refractivity (Wildman–Crippen MR) is 58.9 cm³/mol. The van der Waals surface area contributed by atoms with Gasteiger partial charge in [0.05, 0.1) is 6.61 Å². The summed E-state index contributed by atoms with van der Waals surface area (Å²) in [5.74, 6) is 0.820. The first-order valence-electron chi connectivity index (χ1n) is 5.66. The molecule has 16 heavy (non-hydrogen) atoms. The number of hydrogen-bond donors (Lipinski definition) is 0. The second-order valence-corrected chi connectivity index (χ2v) is 4.22. The molecule has 1 fully saturated rings. The minimum absolute atomic E-state index is 0.330. The van der Waals surface area contributed by atoms with Crippen molar-refractivity contribution in [3.05, 3.63) is 17.5 Å². The number of aromatic nitrogens is 2. The van der Waals surface area contributed by atoms with E-state index in [4.69, 9.17) is 10.00 Å². The van der Waals surface area contributed by atoms with Gasteiger partial charge in [-0.3, -0.25) is 0 Å². The first kappa shape index (κ1) is 10.9. The Bertz CT molecular complexity index is 407. The lowest BCUT2D eigenvalue weighted by atomic mass is 9.83. The number of nitriles is 1. The van der Waals surface area contributed by atoms with Crippen LogP contribution in [0.2, 0.25) is 0 Å². The largest absolute Gasteiger partial charge is 0.463 e. The highest BCUT2D eigenvalue weighted by Crippen LogP contribution is 2.29. The summed E-state index contributed by atoms with van der Waals surface area (Å²) in [6.45, 7) is 2.49. The molecule has 1 saturated carbocycles. The van der Waals surface area contributed by atoms with Crippen molar-refractivity contribution in [2.45, 2.75) is 32.6 Å². The van der Waals surface area contributed by atoms with Crippen LogP contribution >= 0.6 is 0 Å². The standard InChI is InChI=1S/C12H15N3O/c1-9-7-11(8-13)15-12(14-9)16-6-5-10-3-2-4-10/h7,10H,2-6H2,1H3. The van der Waals surface area contributed by atoms with Gasteiger partial charge in [-0.05, 0) is 25.3 Å². The van der Waals surface area contributed by atoms with Crippen molar-refractivity contribution in [3.8, 4) is 12.1 Å². The fourth-order valence-corrected chi connectivity index (χ4v) is 1.76. The summed E-state index contributed by atoms with van der Waals surface area (Å²) in [5.41, 5.74) is 1.14. The molecule has 4 heteroatoms. The summed E-state index contributed by atoms with van der Waals surface area (Å²) in [5, 5.41) is 8.75. The number of nitrogens with zero attached hydrogens (tertiary/aromatic N) is 3. The van der Waals surface area contributed by atoms with Gasteiger partial charge in [-0.15, -0.1) is 0 Å². The number of rotatable bonds is 4. The molecule has 1 aliphatic rings. The maximum absolute atomic E-state index is 8.75. The van der Waals surface area contributed by atoms with Crippen LogP contribution in [0.4, 0.5) is 0 Å². The lowest BCUT2D eigenvalue weighted by Crippen LogP contribution is -2.15. The zero-order chi connectivity index (χ0) is 11.4. The van der Waals surface area contributed by atoms with E-state index in [1.54, 1.807) is 6.07 Å². The van der Waals surface area contributed by atoms with Crippen molar-refractivity contribution >= 4 is 0 Å². The van der Waals surface area contributed by atoms with Crippen molar-refractivity contribution in [3.63, 3.8) is 0 Å². The minimum atomic E-state index is 0.330. The Morgan fingerprint density at radius 3 is 2.94 bits per heavy atom. The highest BCUT2D eigenvalue weighted by molar-refractivity contribution is 5.23. The molecule has 2 rings (SSSR count). The van der Waals surface area contributed by atoms with E-state index in [1.807, 2.05) is 13.0 Å². The molecular formula is C12H15N3O. The van der Waals surface area contributed by atoms with Gasteiger partial charge in [0, 0.05) is 5.69 Å². The van der Waals surface area contributed by atoms with Crippen LogP contribution in [0, 0.1) is 24.2 Å². The minimum Gasteiger partial charge on any atom is -0.463 e. The fourth-order valence-electron chi connectivity index (χ4n) is 1.76. The summed E-state index contributed by atoms with van der Waals surface area (Å²) < 4.78 is 5.46.